The standard InChI is InChI=1S/C22H17N2O.C11H8N.Ir/c1-15(2)23-14-24(19-11-5-4-10-18(19)23)20-12-7-9-17-16-8-3-6-13-21(16)25-22(17)20;1-2-6-10(7-3-1)11-8-4-5-9-12-11;/h3-11,13,15H,1-2H3;1-6,8-9H;/q+1;-1;. The van der Waals surface area contributed by atoms with Crippen LogP contribution in [0.4, 0.5) is 17.1 Å². The molecule has 4 nitrogen and oxygen atoms in total. The maximum Gasteiger partial charge on any atom is 0.494 e. The molecule has 0 saturated heterocycles. The largest absolute Gasteiger partial charge is 0.509 e. The van der Waals surface area contributed by atoms with Gasteiger partial charge < -0.3 is 9.40 Å². The van der Waals surface area contributed by atoms with Gasteiger partial charge in [0.2, 0.25) is 0 Å². The van der Waals surface area contributed by atoms with E-state index in [-0.39, 0.29) is 20.1 Å². The Morgan fingerprint density at radius 3 is 2.29 bits per heavy atom. The SMILES string of the molecule is CC(C)[N+]1=C=[N+](c2[c-]ccc3c2oc2ccccc23)c2ccccc21.[Ir].[c-]1ccccc1-c1ccccn1. The van der Waals surface area contributed by atoms with Crippen molar-refractivity contribution in [2.75, 3.05) is 0 Å². The van der Waals surface area contributed by atoms with Crippen molar-refractivity contribution in [2.45, 2.75) is 19.9 Å². The van der Waals surface area contributed by atoms with E-state index in [2.05, 4.69) is 82.5 Å². The molecule has 0 saturated carbocycles. The number of aromatic nitrogens is 1. The van der Waals surface area contributed by atoms with Crippen molar-refractivity contribution in [2.24, 2.45) is 0 Å². The first-order valence-corrected chi connectivity index (χ1v) is 12.4. The van der Waals surface area contributed by atoms with Gasteiger partial charge in [-0.3, -0.25) is 0 Å². The Labute approximate surface area is 235 Å². The number of para-hydroxylation sites is 3. The van der Waals surface area contributed by atoms with Gasteiger partial charge in [-0.15, -0.1) is 42.0 Å². The Morgan fingerprint density at radius 2 is 1.53 bits per heavy atom. The zero-order valence-corrected chi connectivity index (χ0v) is 23.4. The van der Waals surface area contributed by atoms with Crippen LogP contribution in [-0.2, 0) is 20.1 Å². The summed E-state index contributed by atoms with van der Waals surface area (Å²) in [5.74, 6) is 0. The van der Waals surface area contributed by atoms with Crippen LogP contribution in [0.1, 0.15) is 13.8 Å². The molecule has 6 aromatic rings. The molecule has 0 amide bonds. The van der Waals surface area contributed by atoms with Crippen LogP contribution in [0, 0.1) is 12.1 Å². The quantitative estimate of drug-likeness (QED) is 0.141. The average Bonchev–Trinajstić information content (AvgIpc) is 3.54. The molecule has 0 atom stereocenters. The van der Waals surface area contributed by atoms with Crippen molar-refractivity contribution < 1.29 is 29.1 Å². The molecule has 5 heteroatoms. The van der Waals surface area contributed by atoms with Crippen molar-refractivity contribution in [3.63, 3.8) is 0 Å². The van der Waals surface area contributed by atoms with Gasteiger partial charge in [0.15, 0.2) is 11.7 Å². The molecule has 187 valence electrons. The van der Waals surface area contributed by atoms with Crippen molar-refractivity contribution >= 4 is 45.0 Å². The summed E-state index contributed by atoms with van der Waals surface area (Å²) in [6.07, 6.45) is 1.79. The van der Waals surface area contributed by atoms with Crippen LogP contribution in [0.2, 0.25) is 0 Å². The second-order valence-corrected chi connectivity index (χ2v) is 9.05. The summed E-state index contributed by atoms with van der Waals surface area (Å²) < 4.78 is 10.4. The number of furan rings is 1. The zero-order valence-electron chi connectivity index (χ0n) is 21.1. The first-order chi connectivity index (χ1) is 18.2. The summed E-state index contributed by atoms with van der Waals surface area (Å²) in [5.41, 5.74) is 6.89. The number of rotatable bonds is 3. The van der Waals surface area contributed by atoms with E-state index in [0.29, 0.717) is 6.04 Å². The second kappa shape index (κ2) is 11.1. The summed E-state index contributed by atoms with van der Waals surface area (Å²) >= 11 is 0. The van der Waals surface area contributed by atoms with E-state index < -0.39 is 0 Å². The summed E-state index contributed by atoms with van der Waals surface area (Å²) in [4.78, 5) is 4.22. The Balaban J connectivity index is 0.000000191. The molecule has 0 unspecified atom stereocenters. The van der Waals surface area contributed by atoms with Crippen LogP contribution >= 0.6 is 0 Å². The molecule has 1 aliphatic heterocycles. The molecule has 0 fully saturated rings. The van der Waals surface area contributed by atoms with E-state index >= 15 is 0 Å². The molecule has 4 aromatic carbocycles. The molecule has 7 rings (SSSR count). The van der Waals surface area contributed by atoms with Gasteiger partial charge in [0, 0.05) is 43.8 Å². The second-order valence-electron chi connectivity index (χ2n) is 9.05. The molecule has 0 N–H and O–H groups in total. The number of fused-ring (bicyclic) bond motifs is 4. The fourth-order valence-corrected chi connectivity index (χ4v) is 4.55. The third-order valence-corrected chi connectivity index (χ3v) is 6.30. The summed E-state index contributed by atoms with van der Waals surface area (Å²) in [5, 5.41) is 2.23. The molecular weight excluding hydrogens is 647 g/mol. The van der Waals surface area contributed by atoms with E-state index in [1.165, 1.54) is 0 Å². The maximum absolute atomic E-state index is 6.18. The van der Waals surface area contributed by atoms with Crippen molar-refractivity contribution in [1.29, 1.82) is 0 Å². The Bertz CT molecular complexity index is 1750. The Hall–Kier alpha value is -4.14. The molecule has 0 aliphatic carbocycles. The topological polar surface area (TPSA) is 32.0 Å². The van der Waals surface area contributed by atoms with Gasteiger partial charge in [-0.2, -0.15) is 12.1 Å². The molecular formula is C33H25IrN3O. The summed E-state index contributed by atoms with van der Waals surface area (Å²) in [6, 6.07) is 44.5. The number of pyridine rings is 1. The van der Waals surface area contributed by atoms with Gasteiger partial charge in [0.05, 0.1) is 5.58 Å². The van der Waals surface area contributed by atoms with Crippen molar-refractivity contribution in [3.8, 4) is 11.3 Å². The third kappa shape index (κ3) is 4.76. The van der Waals surface area contributed by atoms with Gasteiger partial charge in [-0.25, -0.2) is 0 Å². The molecule has 38 heavy (non-hydrogen) atoms. The Kier molecular flexibility index (Phi) is 7.44. The third-order valence-electron chi connectivity index (χ3n) is 6.30. The minimum Gasteiger partial charge on any atom is -0.509 e. The fourth-order valence-electron chi connectivity index (χ4n) is 4.55. The zero-order chi connectivity index (χ0) is 25.2. The Morgan fingerprint density at radius 1 is 0.763 bits per heavy atom. The summed E-state index contributed by atoms with van der Waals surface area (Å²) in [7, 11) is 0. The molecule has 1 radical (unpaired) electrons. The fraction of sp³-hybridized carbons (Fsp3) is 0.0909. The first kappa shape index (κ1) is 25.5. The number of benzene rings is 4. The predicted molar refractivity (Wildman–Crippen MR) is 149 cm³/mol. The van der Waals surface area contributed by atoms with Crippen LogP contribution in [0.15, 0.2) is 114 Å². The van der Waals surface area contributed by atoms with E-state index in [0.717, 1.165) is 50.3 Å². The molecule has 3 heterocycles. The van der Waals surface area contributed by atoms with E-state index in [1.807, 2.05) is 66.7 Å². The first-order valence-electron chi connectivity index (χ1n) is 12.4. The van der Waals surface area contributed by atoms with Crippen LogP contribution < -0.4 is 4.58 Å². The number of nitrogens with zero attached hydrogens (tertiary/aromatic N) is 3. The normalized spacial score (nSPS) is 11.9. The molecule has 0 spiro atoms. The molecule has 2 aromatic heterocycles. The monoisotopic (exact) mass is 672 g/mol. The van der Waals surface area contributed by atoms with E-state index in [9.17, 15) is 0 Å². The van der Waals surface area contributed by atoms with E-state index in [1.54, 1.807) is 6.20 Å². The molecule has 1 aliphatic rings. The van der Waals surface area contributed by atoms with Crippen LogP contribution in [0.5, 0.6) is 0 Å². The minimum atomic E-state index is 0. The maximum atomic E-state index is 6.18. The number of hydrogen-bond acceptors (Lipinski definition) is 2. The van der Waals surface area contributed by atoms with Gasteiger partial charge in [-0.05, 0) is 31.7 Å². The van der Waals surface area contributed by atoms with Gasteiger partial charge in [0.1, 0.15) is 5.58 Å². The smallest absolute Gasteiger partial charge is 0.494 e. The van der Waals surface area contributed by atoms with Gasteiger partial charge in [0.25, 0.3) is 11.4 Å². The number of hydrogen-bond donors (Lipinski definition) is 0. The molecule has 0 bridgehead atoms. The van der Waals surface area contributed by atoms with Crippen LogP contribution in [-0.4, -0.2) is 21.6 Å². The van der Waals surface area contributed by atoms with E-state index in [4.69, 9.17) is 4.42 Å². The van der Waals surface area contributed by atoms with Crippen LogP contribution in [0.25, 0.3) is 33.2 Å². The van der Waals surface area contributed by atoms with Crippen molar-refractivity contribution in [3.05, 3.63) is 121 Å². The summed E-state index contributed by atoms with van der Waals surface area (Å²) in [6.45, 7) is 4.33. The predicted octanol–water partition coefficient (Wildman–Crippen LogP) is 8.01. The average molecular weight is 672 g/mol. The van der Waals surface area contributed by atoms with Crippen LogP contribution in [0.3, 0.4) is 0 Å². The minimum absolute atomic E-state index is 0. The van der Waals surface area contributed by atoms with Gasteiger partial charge >= 0.3 is 6.01 Å². The van der Waals surface area contributed by atoms with Crippen molar-refractivity contribution in [1.82, 2.24) is 9.56 Å². The van der Waals surface area contributed by atoms with Gasteiger partial charge in [-0.1, -0.05) is 57.0 Å².